The lowest BCUT2D eigenvalue weighted by molar-refractivity contribution is 0.0678. The van der Waals surface area contributed by atoms with Crippen LogP contribution in [0.25, 0.3) is 0 Å². The van der Waals surface area contributed by atoms with E-state index >= 15 is 0 Å². The third-order valence-electron chi connectivity index (χ3n) is 3.23. The molecule has 1 saturated heterocycles. The van der Waals surface area contributed by atoms with Gasteiger partial charge >= 0.3 is 0 Å². The molecule has 106 valence electrons. The fourth-order valence-corrected chi connectivity index (χ4v) is 3.39. The van der Waals surface area contributed by atoms with Gasteiger partial charge in [0.2, 0.25) is 10.0 Å². The van der Waals surface area contributed by atoms with E-state index in [9.17, 15) is 8.42 Å². The maximum atomic E-state index is 12.2. The molecule has 0 unspecified atom stereocenters. The molecule has 0 atom stereocenters. The number of nitrogens with zero attached hydrogens (tertiary/aromatic N) is 1. The zero-order chi connectivity index (χ0) is 13.7. The van der Waals surface area contributed by atoms with Gasteiger partial charge < -0.3 is 10.5 Å². The van der Waals surface area contributed by atoms with Crippen LogP contribution in [0.2, 0.25) is 0 Å². The Morgan fingerprint density at radius 3 is 2.84 bits per heavy atom. The molecule has 1 fully saturated rings. The third-order valence-corrected chi connectivity index (χ3v) is 4.73. The van der Waals surface area contributed by atoms with Gasteiger partial charge in [-0.2, -0.15) is 0 Å². The minimum Gasteiger partial charge on any atom is -0.381 e. The Kier molecular flexibility index (Phi) is 4.87. The molecule has 19 heavy (non-hydrogen) atoms. The van der Waals surface area contributed by atoms with Crippen LogP contribution in [0, 0.1) is 5.92 Å². The Morgan fingerprint density at radius 2 is 2.16 bits per heavy atom. The number of hydrogen-bond acceptors (Lipinski definition) is 5. The van der Waals surface area contributed by atoms with E-state index in [0.717, 1.165) is 12.8 Å². The Bertz CT molecular complexity index is 513. The number of ether oxygens (including phenoxy) is 1. The van der Waals surface area contributed by atoms with Crippen molar-refractivity contribution in [3.63, 3.8) is 0 Å². The summed E-state index contributed by atoms with van der Waals surface area (Å²) in [5.74, 6) is 0.335. The van der Waals surface area contributed by atoms with Crippen molar-refractivity contribution >= 4 is 10.0 Å². The predicted molar refractivity (Wildman–Crippen MR) is 70.9 cm³/mol. The first kappa shape index (κ1) is 14.4. The van der Waals surface area contributed by atoms with Crippen molar-refractivity contribution in [3.05, 3.63) is 24.0 Å². The maximum Gasteiger partial charge on any atom is 0.242 e. The molecule has 2 heterocycles. The molecule has 1 aromatic rings. The number of nitrogens with two attached hydrogens (primary N) is 1. The molecule has 6 nitrogen and oxygen atoms in total. The van der Waals surface area contributed by atoms with Crippen LogP contribution in [0.3, 0.4) is 0 Å². The molecule has 2 rings (SSSR count). The number of nitrogens with one attached hydrogen (secondary N) is 1. The van der Waals surface area contributed by atoms with Crippen LogP contribution in [0.5, 0.6) is 0 Å². The molecule has 0 radical (unpaired) electrons. The van der Waals surface area contributed by atoms with Crippen LogP contribution >= 0.6 is 0 Å². The number of hydrogen-bond donors (Lipinski definition) is 2. The quantitative estimate of drug-likeness (QED) is 0.808. The highest BCUT2D eigenvalue weighted by Gasteiger charge is 2.21. The Morgan fingerprint density at radius 1 is 1.42 bits per heavy atom. The Hall–Kier alpha value is -1.02. The smallest absolute Gasteiger partial charge is 0.242 e. The van der Waals surface area contributed by atoms with Gasteiger partial charge in [0.25, 0.3) is 0 Å². The van der Waals surface area contributed by atoms with Crippen molar-refractivity contribution in [1.82, 2.24) is 9.71 Å². The van der Waals surface area contributed by atoms with E-state index in [1.807, 2.05) is 0 Å². The molecule has 0 bridgehead atoms. The minimum absolute atomic E-state index is 0.106. The highest BCUT2D eigenvalue weighted by molar-refractivity contribution is 7.89. The number of pyridine rings is 1. The normalized spacial score (nSPS) is 17.5. The predicted octanol–water partition coefficient (Wildman–Crippen LogP) is 0.245. The fourth-order valence-electron chi connectivity index (χ4n) is 2.08. The number of rotatable bonds is 5. The molecule has 7 heteroatoms. The molecule has 1 aliphatic heterocycles. The summed E-state index contributed by atoms with van der Waals surface area (Å²) < 4.78 is 32.3. The molecule has 1 aliphatic rings. The van der Waals surface area contributed by atoms with Crippen molar-refractivity contribution in [2.75, 3.05) is 19.8 Å². The molecular formula is C12H19N3O3S. The van der Waals surface area contributed by atoms with Gasteiger partial charge in [0, 0.05) is 32.5 Å². The number of sulfonamides is 1. The molecule has 0 amide bonds. The summed E-state index contributed by atoms with van der Waals surface area (Å²) in [5, 5.41) is 0. The summed E-state index contributed by atoms with van der Waals surface area (Å²) in [4.78, 5) is 4.16. The fraction of sp³-hybridized carbons (Fsp3) is 0.583. The first-order valence-corrected chi connectivity index (χ1v) is 7.83. The molecule has 0 aromatic carbocycles. The van der Waals surface area contributed by atoms with Crippen LogP contribution in [0.15, 0.2) is 23.2 Å². The van der Waals surface area contributed by atoms with Crippen molar-refractivity contribution in [2.45, 2.75) is 24.3 Å². The summed E-state index contributed by atoms with van der Waals surface area (Å²) in [6.45, 7) is 1.94. The van der Waals surface area contributed by atoms with E-state index in [1.165, 1.54) is 6.07 Å². The zero-order valence-corrected chi connectivity index (χ0v) is 11.5. The minimum atomic E-state index is -3.54. The number of aromatic nitrogens is 1. The van der Waals surface area contributed by atoms with Crippen molar-refractivity contribution in [3.8, 4) is 0 Å². The largest absolute Gasteiger partial charge is 0.381 e. The topological polar surface area (TPSA) is 94.3 Å². The van der Waals surface area contributed by atoms with Gasteiger partial charge in [-0.3, -0.25) is 4.98 Å². The summed E-state index contributed by atoms with van der Waals surface area (Å²) in [5.41, 5.74) is 5.91. The van der Waals surface area contributed by atoms with E-state index in [4.69, 9.17) is 10.5 Å². The summed E-state index contributed by atoms with van der Waals surface area (Å²) in [6, 6.07) is 3.13. The molecule has 0 aliphatic carbocycles. The highest BCUT2D eigenvalue weighted by atomic mass is 32.2. The second-order valence-electron chi connectivity index (χ2n) is 4.56. The average Bonchev–Trinajstić information content (AvgIpc) is 2.46. The second-order valence-corrected chi connectivity index (χ2v) is 6.30. The van der Waals surface area contributed by atoms with Gasteiger partial charge in [-0.15, -0.1) is 0 Å². The van der Waals surface area contributed by atoms with Gasteiger partial charge in [0.1, 0.15) is 4.90 Å². The van der Waals surface area contributed by atoms with Gasteiger partial charge in [-0.25, -0.2) is 13.1 Å². The van der Waals surface area contributed by atoms with Crippen LogP contribution in [-0.2, 0) is 21.3 Å². The van der Waals surface area contributed by atoms with Crippen molar-refractivity contribution in [1.29, 1.82) is 0 Å². The lowest BCUT2D eigenvalue weighted by atomic mass is 10.0. The monoisotopic (exact) mass is 285 g/mol. The van der Waals surface area contributed by atoms with E-state index < -0.39 is 10.0 Å². The average molecular weight is 285 g/mol. The van der Waals surface area contributed by atoms with Crippen molar-refractivity contribution < 1.29 is 13.2 Å². The Balaban J connectivity index is 2.05. The first-order valence-electron chi connectivity index (χ1n) is 6.35. The summed E-state index contributed by atoms with van der Waals surface area (Å²) in [6.07, 6.45) is 3.32. The van der Waals surface area contributed by atoms with Gasteiger partial charge in [0.05, 0.1) is 5.69 Å². The van der Waals surface area contributed by atoms with E-state index in [-0.39, 0.29) is 11.4 Å². The molecule has 3 N–H and O–H groups in total. The van der Waals surface area contributed by atoms with Gasteiger partial charge in [0.15, 0.2) is 0 Å². The summed E-state index contributed by atoms with van der Waals surface area (Å²) >= 11 is 0. The van der Waals surface area contributed by atoms with Crippen LogP contribution < -0.4 is 10.5 Å². The maximum absolute atomic E-state index is 12.2. The molecule has 0 saturated carbocycles. The van der Waals surface area contributed by atoms with Gasteiger partial charge in [-0.05, 0) is 30.9 Å². The lowest BCUT2D eigenvalue weighted by Crippen LogP contribution is -2.33. The van der Waals surface area contributed by atoms with Crippen LogP contribution in [0.1, 0.15) is 18.5 Å². The van der Waals surface area contributed by atoms with Crippen molar-refractivity contribution in [2.24, 2.45) is 11.7 Å². The Labute approximate surface area is 113 Å². The zero-order valence-electron chi connectivity index (χ0n) is 10.7. The van der Waals surface area contributed by atoms with Crippen LogP contribution in [0.4, 0.5) is 0 Å². The van der Waals surface area contributed by atoms with Crippen LogP contribution in [-0.4, -0.2) is 33.2 Å². The summed E-state index contributed by atoms with van der Waals surface area (Å²) in [7, 11) is -3.54. The third kappa shape index (κ3) is 3.73. The van der Waals surface area contributed by atoms with E-state index in [1.54, 1.807) is 12.3 Å². The molecule has 1 aromatic heterocycles. The standard InChI is InChI=1S/C12H19N3O3S/c13-8-11-12(2-1-5-14-11)19(16,17)15-9-10-3-6-18-7-4-10/h1-2,5,10,15H,3-4,6-9,13H2. The highest BCUT2D eigenvalue weighted by Crippen LogP contribution is 2.16. The lowest BCUT2D eigenvalue weighted by Gasteiger charge is -2.22. The second kappa shape index (κ2) is 6.42. The SMILES string of the molecule is NCc1ncccc1S(=O)(=O)NCC1CCOCC1. The van der Waals surface area contributed by atoms with Gasteiger partial charge in [-0.1, -0.05) is 0 Å². The van der Waals surface area contributed by atoms with E-state index in [0.29, 0.717) is 31.4 Å². The first-order chi connectivity index (χ1) is 9.13. The van der Waals surface area contributed by atoms with E-state index in [2.05, 4.69) is 9.71 Å². The molecule has 0 spiro atoms. The molecular weight excluding hydrogens is 266 g/mol.